The highest BCUT2D eigenvalue weighted by Gasteiger charge is 2.14. The van der Waals surface area contributed by atoms with Crippen molar-refractivity contribution < 1.29 is 9.59 Å². The summed E-state index contributed by atoms with van der Waals surface area (Å²) in [6, 6.07) is 11.4. The highest BCUT2D eigenvalue weighted by molar-refractivity contribution is 6.10. The van der Waals surface area contributed by atoms with Gasteiger partial charge in [-0.2, -0.15) is 0 Å². The Bertz CT molecular complexity index is 576. The molecule has 0 fully saturated rings. The third-order valence-corrected chi connectivity index (χ3v) is 2.62. The van der Waals surface area contributed by atoms with Gasteiger partial charge < -0.3 is 0 Å². The third-order valence-electron chi connectivity index (χ3n) is 2.62. The molecular weight excluding hydrogens is 226 g/mol. The molecule has 0 aliphatic rings. The maximum absolute atomic E-state index is 12.0. The van der Waals surface area contributed by atoms with E-state index in [9.17, 15) is 9.59 Å². The Balaban J connectivity index is 2.44. The molecule has 3 heteroatoms. The molecule has 2 aromatic rings. The van der Waals surface area contributed by atoms with Gasteiger partial charge in [-0.05, 0) is 24.1 Å². The molecule has 0 unspecified atom stereocenters. The van der Waals surface area contributed by atoms with Crippen LogP contribution in [0.5, 0.6) is 0 Å². The van der Waals surface area contributed by atoms with Crippen LogP contribution in [0.25, 0.3) is 11.1 Å². The van der Waals surface area contributed by atoms with Gasteiger partial charge in [0, 0.05) is 18.0 Å². The number of nitrogens with zero attached hydrogens (tertiary/aromatic N) is 1. The van der Waals surface area contributed by atoms with Crippen LogP contribution in [0.1, 0.15) is 23.7 Å². The van der Waals surface area contributed by atoms with Gasteiger partial charge in [-0.25, -0.2) is 0 Å². The van der Waals surface area contributed by atoms with Crippen molar-refractivity contribution in [3.8, 4) is 11.1 Å². The van der Waals surface area contributed by atoms with E-state index in [4.69, 9.17) is 0 Å². The predicted molar refractivity (Wildman–Crippen MR) is 69.3 cm³/mol. The van der Waals surface area contributed by atoms with Crippen molar-refractivity contribution in [2.75, 3.05) is 0 Å². The van der Waals surface area contributed by atoms with Crippen LogP contribution in [0.3, 0.4) is 0 Å². The van der Waals surface area contributed by atoms with Crippen LogP contribution in [0.15, 0.2) is 48.8 Å². The Hall–Kier alpha value is -2.29. The van der Waals surface area contributed by atoms with E-state index in [1.807, 2.05) is 30.3 Å². The Morgan fingerprint density at radius 3 is 2.50 bits per heavy atom. The molecule has 3 nitrogen and oxygen atoms in total. The van der Waals surface area contributed by atoms with Gasteiger partial charge in [0.2, 0.25) is 0 Å². The van der Waals surface area contributed by atoms with E-state index in [1.54, 1.807) is 12.3 Å². The van der Waals surface area contributed by atoms with Crippen molar-refractivity contribution in [2.45, 2.75) is 13.3 Å². The number of ketones is 2. The SMILES string of the molecule is CC(=O)CC(=O)c1cnccc1-c1ccccc1. The smallest absolute Gasteiger partial charge is 0.172 e. The predicted octanol–water partition coefficient (Wildman–Crippen LogP) is 2.91. The molecule has 0 radical (unpaired) electrons. The summed E-state index contributed by atoms with van der Waals surface area (Å²) in [4.78, 5) is 27.0. The molecule has 0 amide bonds. The van der Waals surface area contributed by atoms with E-state index in [-0.39, 0.29) is 18.0 Å². The summed E-state index contributed by atoms with van der Waals surface area (Å²) in [6.45, 7) is 1.41. The summed E-state index contributed by atoms with van der Waals surface area (Å²) >= 11 is 0. The first-order valence-electron chi connectivity index (χ1n) is 5.70. The molecule has 1 heterocycles. The maximum Gasteiger partial charge on any atom is 0.172 e. The highest BCUT2D eigenvalue weighted by Crippen LogP contribution is 2.23. The minimum Gasteiger partial charge on any atom is -0.300 e. The van der Waals surface area contributed by atoms with E-state index in [0.717, 1.165) is 11.1 Å². The summed E-state index contributed by atoms with van der Waals surface area (Å²) in [5.74, 6) is -0.322. The zero-order chi connectivity index (χ0) is 13.0. The molecule has 18 heavy (non-hydrogen) atoms. The lowest BCUT2D eigenvalue weighted by Gasteiger charge is -2.07. The number of hydrogen-bond acceptors (Lipinski definition) is 3. The number of carbonyl (C=O) groups is 2. The van der Waals surface area contributed by atoms with Crippen LogP contribution < -0.4 is 0 Å². The van der Waals surface area contributed by atoms with Crippen molar-refractivity contribution in [2.24, 2.45) is 0 Å². The Morgan fingerprint density at radius 2 is 1.83 bits per heavy atom. The molecule has 0 saturated carbocycles. The zero-order valence-electron chi connectivity index (χ0n) is 10.1. The molecule has 0 aliphatic carbocycles. The third kappa shape index (κ3) is 2.69. The molecule has 0 aliphatic heterocycles. The average Bonchev–Trinajstić information content (AvgIpc) is 2.39. The quantitative estimate of drug-likeness (QED) is 0.608. The lowest BCUT2D eigenvalue weighted by atomic mass is 9.97. The standard InChI is InChI=1S/C15H13NO2/c1-11(17)9-15(18)14-10-16-8-7-13(14)12-5-3-2-4-6-12/h2-8,10H,9H2,1H3. The van der Waals surface area contributed by atoms with Gasteiger partial charge in [-0.3, -0.25) is 14.6 Å². The lowest BCUT2D eigenvalue weighted by Crippen LogP contribution is -2.07. The Labute approximate surface area is 105 Å². The molecule has 0 bridgehead atoms. The fraction of sp³-hybridized carbons (Fsp3) is 0.133. The van der Waals surface area contributed by atoms with Crippen molar-refractivity contribution in [3.63, 3.8) is 0 Å². The van der Waals surface area contributed by atoms with Crippen molar-refractivity contribution in [1.29, 1.82) is 0 Å². The summed E-state index contributed by atoms with van der Waals surface area (Å²) in [7, 11) is 0. The van der Waals surface area contributed by atoms with E-state index >= 15 is 0 Å². The van der Waals surface area contributed by atoms with Crippen LogP contribution in [0, 0.1) is 0 Å². The maximum atomic E-state index is 12.0. The van der Waals surface area contributed by atoms with Crippen LogP contribution in [0.2, 0.25) is 0 Å². The van der Waals surface area contributed by atoms with E-state index in [1.165, 1.54) is 13.1 Å². The molecule has 0 spiro atoms. The lowest BCUT2D eigenvalue weighted by molar-refractivity contribution is -0.116. The molecule has 1 aromatic carbocycles. The van der Waals surface area contributed by atoms with Crippen molar-refractivity contribution >= 4 is 11.6 Å². The molecule has 0 atom stereocenters. The fourth-order valence-electron chi connectivity index (χ4n) is 1.81. The first kappa shape index (κ1) is 12.2. The summed E-state index contributed by atoms with van der Waals surface area (Å²) in [6.07, 6.45) is 3.09. The minimum absolute atomic E-state index is 0.0779. The summed E-state index contributed by atoms with van der Waals surface area (Å²) < 4.78 is 0. The number of hydrogen-bond donors (Lipinski definition) is 0. The van der Waals surface area contributed by atoms with Gasteiger partial charge in [0.1, 0.15) is 5.78 Å². The average molecular weight is 239 g/mol. The monoisotopic (exact) mass is 239 g/mol. The molecule has 2 rings (SSSR count). The van der Waals surface area contributed by atoms with Gasteiger partial charge in [0.25, 0.3) is 0 Å². The molecule has 90 valence electrons. The topological polar surface area (TPSA) is 47.0 Å². The number of pyridine rings is 1. The highest BCUT2D eigenvalue weighted by atomic mass is 16.1. The van der Waals surface area contributed by atoms with Crippen molar-refractivity contribution in [1.82, 2.24) is 4.98 Å². The summed E-state index contributed by atoms with van der Waals surface area (Å²) in [5, 5.41) is 0. The van der Waals surface area contributed by atoms with E-state index in [2.05, 4.69) is 4.98 Å². The van der Waals surface area contributed by atoms with Crippen LogP contribution in [0.4, 0.5) is 0 Å². The zero-order valence-corrected chi connectivity index (χ0v) is 10.1. The van der Waals surface area contributed by atoms with Crippen molar-refractivity contribution in [3.05, 3.63) is 54.4 Å². The van der Waals surface area contributed by atoms with Gasteiger partial charge in [-0.15, -0.1) is 0 Å². The number of benzene rings is 1. The molecule has 1 aromatic heterocycles. The number of carbonyl (C=O) groups excluding carboxylic acids is 2. The van der Waals surface area contributed by atoms with Gasteiger partial charge in [0.15, 0.2) is 5.78 Å². The first-order chi connectivity index (χ1) is 8.68. The van der Waals surface area contributed by atoms with Crippen LogP contribution in [-0.2, 0) is 4.79 Å². The number of Topliss-reactive ketones (excluding diaryl/α,β-unsaturated/α-hetero) is 2. The second kappa shape index (κ2) is 5.36. The number of rotatable bonds is 4. The first-order valence-corrected chi connectivity index (χ1v) is 5.70. The van der Waals surface area contributed by atoms with E-state index < -0.39 is 0 Å². The largest absolute Gasteiger partial charge is 0.300 e. The van der Waals surface area contributed by atoms with Gasteiger partial charge in [-0.1, -0.05) is 30.3 Å². The minimum atomic E-state index is -0.186. The normalized spacial score (nSPS) is 10.1. The van der Waals surface area contributed by atoms with Gasteiger partial charge in [0.05, 0.1) is 6.42 Å². The molecule has 0 N–H and O–H groups in total. The summed E-state index contributed by atoms with van der Waals surface area (Å²) in [5.41, 5.74) is 2.27. The Kier molecular flexibility index (Phi) is 3.63. The molecule has 0 saturated heterocycles. The second-order valence-electron chi connectivity index (χ2n) is 4.09. The second-order valence-corrected chi connectivity index (χ2v) is 4.09. The van der Waals surface area contributed by atoms with Crippen LogP contribution >= 0.6 is 0 Å². The van der Waals surface area contributed by atoms with E-state index in [0.29, 0.717) is 5.56 Å². The van der Waals surface area contributed by atoms with Crippen LogP contribution in [-0.4, -0.2) is 16.6 Å². The van der Waals surface area contributed by atoms with Gasteiger partial charge >= 0.3 is 0 Å². The molecular formula is C15H13NO2. The number of aromatic nitrogens is 1. The fourth-order valence-corrected chi connectivity index (χ4v) is 1.81. The Morgan fingerprint density at radius 1 is 1.11 bits per heavy atom.